The standard InChI is InChI=1S/C2N6O3/c3-1-7(9)2(5-6-4)8(10)11. The predicted molar refractivity (Wildman–Crippen MR) is 30.4 cm³/mol. The molecular formula is C2N6O3. The van der Waals surface area contributed by atoms with Crippen LogP contribution >= 0.6 is 0 Å². The molecular weight excluding hydrogens is 156 g/mol. The topological polar surface area (TPSA) is 142 Å². The summed E-state index contributed by atoms with van der Waals surface area (Å²) in [5.74, 6) is -1.39. The molecule has 0 bridgehead atoms. The van der Waals surface area contributed by atoms with Gasteiger partial charge in [0.15, 0.2) is 5.26 Å². The van der Waals surface area contributed by atoms with E-state index in [-0.39, 0.29) is 0 Å². The van der Waals surface area contributed by atoms with Gasteiger partial charge in [-0.05, 0) is 10.5 Å². The number of nitriles is 1. The van der Waals surface area contributed by atoms with Crippen LogP contribution in [0.5, 0.6) is 0 Å². The molecule has 0 heterocycles. The molecule has 0 fully saturated rings. The van der Waals surface area contributed by atoms with E-state index in [1.54, 1.807) is 0 Å². The lowest BCUT2D eigenvalue weighted by Crippen LogP contribution is -2.17. The number of hydrogen-bond acceptors (Lipinski definition) is 4. The molecule has 0 N–H and O–H groups in total. The van der Waals surface area contributed by atoms with Crippen molar-refractivity contribution < 1.29 is 9.66 Å². The smallest absolute Gasteiger partial charge is 0.466 e. The highest BCUT2D eigenvalue weighted by Crippen LogP contribution is 1.82. The number of hydroxylamine groups is 1. The molecule has 56 valence electrons. The molecule has 0 radical (unpaired) electrons. The van der Waals surface area contributed by atoms with Crippen molar-refractivity contribution in [3.63, 3.8) is 0 Å². The molecule has 0 saturated carbocycles. The number of azide groups is 1. The molecule has 0 aliphatic rings. The molecule has 0 unspecified atom stereocenters. The minimum absolute atomic E-state index is 0.695. The van der Waals surface area contributed by atoms with Crippen LogP contribution in [0, 0.1) is 26.8 Å². The molecule has 9 nitrogen and oxygen atoms in total. The maximum absolute atomic E-state index is 10.2. The Morgan fingerprint density at radius 3 is 2.55 bits per heavy atom. The molecule has 0 aromatic rings. The van der Waals surface area contributed by atoms with Crippen LogP contribution in [0.4, 0.5) is 0 Å². The largest absolute Gasteiger partial charge is 0.699 e. The van der Waals surface area contributed by atoms with Crippen LogP contribution in [-0.4, -0.2) is 15.6 Å². The van der Waals surface area contributed by atoms with Crippen molar-refractivity contribution in [2.45, 2.75) is 0 Å². The molecule has 0 rings (SSSR count). The molecule has 9 heteroatoms. The highest BCUT2D eigenvalue weighted by atomic mass is 16.6. The van der Waals surface area contributed by atoms with Crippen LogP contribution in [0.15, 0.2) is 5.11 Å². The lowest BCUT2D eigenvalue weighted by Gasteiger charge is -1.97. The molecule has 0 amide bonds. The Bertz CT molecular complexity index is 287. The lowest BCUT2D eigenvalue weighted by atomic mass is 11.0. The van der Waals surface area contributed by atoms with Crippen molar-refractivity contribution in [3.05, 3.63) is 25.8 Å². The first-order valence-electron chi connectivity index (χ1n) is 2.07. The fourth-order valence-electron chi connectivity index (χ4n) is 0.236. The first-order chi connectivity index (χ1) is 5.13. The van der Waals surface area contributed by atoms with Crippen molar-refractivity contribution in [1.82, 2.24) is 0 Å². The second-order valence-electron chi connectivity index (χ2n) is 1.14. The predicted octanol–water partition coefficient (Wildman–Crippen LogP) is -0.0792. The third-order valence-corrected chi connectivity index (χ3v) is 0.570. The molecule has 0 aliphatic carbocycles. The number of rotatable bonds is 0. The van der Waals surface area contributed by atoms with E-state index in [0.29, 0.717) is 0 Å². The Morgan fingerprint density at radius 1 is 1.73 bits per heavy atom. The van der Waals surface area contributed by atoms with Gasteiger partial charge in [-0.15, -0.1) is 4.74 Å². The van der Waals surface area contributed by atoms with Crippen LogP contribution in [0.3, 0.4) is 0 Å². The number of guanidine groups is 1. The Kier molecular flexibility index (Phi) is 2.88. The quantitative estimate of drug-likeness (QED) is 0.0412. The first kappa shape index (κ1) is 8.67. The second kappa shape index (κ2) is 3.65. The zero-order valence-corrected chi connectivity index (χ0v) is 4.91. The van der Waals surface area contributed by atoms with Gasteiger partial charge in [-0.2, -0.15) is 0 Å². The summed E-state index contributed by atoms with van der Waals surface area (Å²) in [6.45, 7) is 0. The van der Waals surface area contributed by atoms with Gasteiger partial charge in [0.05, 0.1) is 0 Å². The normalized spacial score (nSPS) is 10.5. The van der Waals surface area contributed by atoms with E-state index in [2.05, 4.69) is 5.11 Å². The Hall–Kier alpha value is -2.33. The zero-order valence-electron chi connectivity index (χ0n) is 4.91. The van der Waals surface area contributed by atoms with Gasteiger partial charge in [0, 0.05) is 10.0 Å². The SMILES string of the molecule is N#C[N+]([O-])=C(N=[N+]=[N-])[N+](=O)[O-]. The fourth-order valence-corrected chi connectivity index (χ4v) is 0.236. The summed E-state index contributed by atoms with van der Waals surface area (Å²) >= 11 is 0. The third kappa shape index (κ3) is 2.17. The minimum Gasteiger partial charge on any atom is -0.699 e. The maximum Gasteiger partial charge on any atom is 0.466 e. The van der Waals surface area contributed by atoms with E-state index in [1.807, 2.05) is 4.91 Å². The van der Waals surface area contributed by atoms with Crippen molar-refractivity contribution in [2.24, 2.45) is 5.11 Å². The molecule has 0 spiro atoms. The summed E-state index contributed by atoms with van der Waals surface area (Å²) in [5.41, 5.74) is 7.69. The number of nitro groups is 1. The van der Waals surface area contributed by atoms with E-state index in [1.165, 1.54) is 0 Å². The monoisotopic (exact) mass is 156 g/mol. The van der Waals surface area contributed by atoms with Crippen LogP contribution in [-0.2, 0) is 0 Å². The van der Waals surface area contributed by atoms with Crippen molar-refractivity contribution in [1.29, 1.82) is 5.26 Å². The summed E-state index contributed by atoms with van der Waals surface area (Å²) < 4.78 is -0.695. The van der Waals surface area contributed by atoms with Crippen molar-refractivity contribution in [3.8, 4) is 6.19 Å². The van der Waals surface area contributed by atoms with Crippen LogP contribution in [0.25, 0.3) is 10.4 Å². The summed E-state index contributed by atoms with van der Waals surface area (Å²) in [4.78, 5) is 10.5. The highest BCUT2D eigenvalue weighted by molar-refractivity contribution is 5.67. The first-order valence-corrected chi connectivity index (χ1v) is 2.07. The summed E-state index contributed by atoms with van der Waals surface area (Å²) in [6, 6.07) is 0. The fraction of sp³-hybridized carbons (Fsp3) is 0. The maximum atomic E-state index is 10.2. The number of nitrogens with zero attached hydrogens (tertiary/aromatic N) is 6. The van der Waals surface area contributed by atoms with E-state index >= 15 is 0 Å². The van der Waals surface area contributed by atoms with E-state index in [9.17, 15) is 15.3 Å². The van der Waals surface area contributed by atoms with Crippen LogP contribution in [0.1, 0.15) is 0 Å². The van der Waals surface area contributed by atoms with Crippen LogP contribution in [0.2, 0.25) is 0 Å². The summed E-state index contributed by atoms with van der Waals surface area (Å²) in [5, 5.41) is 30.2. The molecule has 0 aromatic heterocycles. The van der Waals surface area contributed by atoms with Crippen molar-refractivity contribution >= 4 is 5.96 Å². The van der Waals surface area contributed by atoms with Gasteiger partial charge in [0.2, 0.25) is 0 Å². The zero-order chi connectivity index (χ0) is 8.85. The summed E-state index contributed by atoms with van der Waals surface area (Å²) in [6.07, 6.45) is 0.865. The second-order valence-corrected chi connectivity index (χ2v) is 1.14. The van der Waals surface area contributed by atoms with Gasteiger partial charge >= 0.3 is 12.2 Å². The van der Waals surface area contributed by atoms with Gasteiger partial charge in [0.25, 0.3) is 0 Å². The average molecular weight is 156 g/mol. The molecule has 0 aromatic carbocycles. The molecule has 0 aliphatic heterocycles. The van der Waals surface area contributed by atoms with Crippen LogP contribution < -0.4 is 0 Å². The average Bonchev–Trinajstić information content (AvgIpc) is 1.98. The van der Waals surface area contributed by atoms with E-state index in [0.717, 1.165) is 6.19 Å². The Balaban J connectivity index is 5.08. The van der Waals surface area contributed by atoms with Gasteiger partial charge in [-0.25, -0.2) is 0 Å². The van der Waals surface area contributed by atoms with Gasteiger partial charge < -0.3 is 15.3 Å². The highest BCUT2D eigenvalue weighted by Gasteiger charge is 2.08. The van der Waals surface area contributed by atoms with Gasteiger partial charge in [-0.3, -0.25) is 0 Å². The van der Waals surface area contributed by atoms with E-state index < -0.39 is 15.6 Å². The lowest BCUT2D eigenvalue weighted by molar-refractivity contribution is -0.469. The van der Waals surface area contributed by atoms with Gasteiger partial charge in [-0.1, -0.05) is 0 Å². The number of hydrogen-bond donors (Lipinski definition) is 0. The Labute approximate surface area is 59.1 Å². The third-order valence-electron chi connectivity index (χ3n) is 0.570. The minimum atomic E-state index is -1.39. The van der Waals surface area contributed by atoms with Gasteiger partial charge in [0.1, 0.15) is 0 Å². The van der Waals surface area contributed by atoms with E-state index in [4.69, 9.17) is 10.8 Å². The summed E-state index contributed by atoms with van der Waals surface area (Å²) in [7, 11) is 0. The van der Waals surface area contributed by atoms with Crippen molar-refractivity contribution in [2.75, 3.05) is 0 Å². The molecule has 11 heavy (non-hydrogen) atoms. The Morgan fingerprint density at radius 2 is 2.27 bits per heavy atom. The molecule has 0 atom stereocenters. The molecule has 0 saturated heterocycles.